The number of fused-ring (bicyclic) bond motifs is 6. The van der Waals surface area contributed by atoms with Crippen molar-refractivity contribution in [1.82, 2.24) is 30.7 Å². The number of hydrogen-bond acceptors (Lipinski definition) is 43. The van der Waals surface area contributed by atoms with Gasteiger partial charge in [0.05, 0.1) is 112 Å². The highest BCUT2D eigenvalue weighted by Crippen LogP contribution is 2.55. The van der Waals surface area contributed by atoms with Gasteiger partial charge in [0, 0.05) is 173 Å². The number of amides is 8. The standard InChI is InChI=1S/C34H36N4O13.C27H29NO11.C12H12N2O4S2.C7H9N3O3.C4H8OS.C2HF3O2.CH4O.ClH.H2P2S/c1-14-29(43)17(35)10-24(50-14)51-19-12-34(48,20(13-39)36-37-21(40)8-9-38-22(41)6-7-23(38)42)11-16-26(19)33(47)28-27(31(16)45)30(44)15-4-3-5-18(49-2)25(15)32(28)46;1-10-22(31)13(28)6-17(38-10)39-15-8-27(36,16(30)9-29)7-12-19(15)26(35)21-20(24(12)33)23(32)11-4-3-5-14(37-2)18(11)25(21)34;15-10-4-5-11(16)14(10)18-12(17)6-8-19-20-9-3-1-2-7-13-9;8-9-5(11)3-4-10-6(12)1-2-7(10)13;1-4(5)2-3-6;3-2(4,5)1(6)7;1-2;;1-2-3/h3-7,14,17,19,24,29,39,43,45,47-48H,8-13,35H2,1-2H3,(H,37,40);3-5,10,13,15,17,22,29,31,33,35-36H,6-9,28H2,1-2H3;1-3,7H,4-6,8H2;1-2H,3-4,8H2,(H,9,11);6H,2-3H2,1H3;(H,6,7);2H,1H3;1H;1H2/p+1/b36-20+;;;;;;;;/t14?,17?,19-,24?,29?,34-;10?,13?,15-,17?,22?,27-;;;;;;;/m00......./s1/i/hD. The van der Waals surface area contributed by atoms with Gasteiger partial charge in [0.1, 0.15) is 63.1 Å². The average Bonchev–Trinajstić information content (AvgIpc) is 0.779. The number of aromatic hydroxyl groups is 4. The first-order valence-electron chi connectivity index (χ1n) is 42.5. The van der Waals surface area contributed by atoms with E-state index < -0.39 is 264 Å². The second-order valence-electron chi connectivity index (χ2n) is 31.3. The second kappa shape index (κ2) is 54.0. The van der Waals surface area contributed by atoms with Crippen molar-refractivity contribution >= 4 is 174 Å². The number of carbonyl (C=O) groups excluding carboxylic acids is 15. The number of aliphatic hydroxyl groups excluding tert-OH is 5. The number of aliphatic carboxylic acids is 1. The molecule has 20 N–H and O–H groups in total. The van der Waals surface area contributed by atoms with Crippen molar-refractivity contribution in [3.63, 3.8) is 0 Å². The number of aliphatic hydroxyl groups is 7. The van der Waals surface area contributed by atoms with Crippen LogP contribution < -0.4 is 37.6 Å². The summed E-state index contributed by atoms with van der Waals surface area (Å²) in [7, 11) is 8.75. The largest absolute Gasteiger partial charge is 0.507 e. The molecule has 5 aromatic rings. The number of alkyl halides is 3. The Morgan fingerprint density at radius 1 is 0.655 bits per heavy atom. The van der Waals surface area contributed by atoms with Crippen LogP contribution in [0.2, 0.25) is 0 Å². The molecule has 5 aliphatic heterocycles. The Hall–Kier alpha value is -11.2. The minimum absolute atomic E-state index is 0. The minimum Gasteiger partial charge on any atom is -0.507 e. The third-order valence-electron chi connectivity index (χ3n) is 22.1. The third-order valence-corrected chi connectivity index (χ3v) is 24.6. The number of hydrazine groups is 1. The molecule has 142 heavy (non-hydrogen) atoms. The summed E-state index contributed by atoms with van der Waals surface area (Å²) < 4.78 is 72.5. The number of phenols is 4. The molecule has 8 amide bonds. The van der Waals surface area contributed by atoms with Crippen LogP contribution in [0, 0.1) is 0 Å². The number of imide groups is 3. The number of nitrogens with zero attached hydrogens (tertiary/aromatic N) is 5. The summed E-state index contributed by atoms with van der Waals surface area (Å²) in [5, 5.41) is 129. The highest BCUT2D eigenvalue weighted by molar-refractivity contribution is 8.76. The fourth-order valence-electron chi connectivity index (χ4n) is 15.2. The van der Waals surface area contributed by atoms with E-state index in [4.69, 9.17) is 66.9 Å². The number of hydrogen-bond donors (Lipinski definition) is 18. The number of pyridine rings is 1. The summed E-state index contributed by atoms with van der Waals surface area (Å²) in [5.74, 6) is -7.96. The van der Waals surface area contributed by atoms with Crippen molar-refractivity contribution in [2.45, 2.75) is 182 Å². The molecule has 772 valence electrons. The number of ether oxygens (including phenoxy) is 6. The van der Waals surface area contributed by atoms with Gasteiger partial charge in [-0.05, 0) is 61.6 Å². The van der Waals surface area contributed by atoms with Crippen molar-refractivity contribution in [3.05, 3.63) is 152 Å². The number of halogens is 4. The van der Waals surface area contributed by atoms with E-state index in [1.54, 1.807) is 27.0 Å². The van der Waals surface area contributed by atoms with Crippen LogP contribution in [-0.4, -0.2) is 308 Å². The van der Waals surface area contributed by atoms with E-state index in [1.807, 2.05) is 23.6 Å². The number of phenolic OH excluding ortho intramolecular Hbond substituents is 4. The van der Waals surface area contributed by atoms with E-state index in [0.717, 1.165) is 34.1 Å². The monoisotopic (exact) mass is 2130 g/mol. The molecule has 9 aliphatic rings. The van der Waals surface area contributed by atoms with Gasteiger partial charge in [-0.1, -0.05) is 41.1 Å². The zero-order valence-corrected chi connectivity index (χ0v) is 82.3. The van der Waals surface area contributed by atoms with E-state index in [1.165, 1.54) is 84.4 Å². The lowest BCUT2D eigenvalue weighted by Gasteiger charge is -2.43. The number of carbonyl (C=O) groups is 16. The zero-order chi connectivity index (χ0) is 106. The Balaban J connectivity index is 0.000000296. The highest BCUT2D eigenvalue weighted by atomic mass is 35.5. The number of nitrogens with two attached hydrogens (primary N) is 3. The lowest BCUT2D eigenvalue weighted by atomic mass is 9.71. The molecule has 4 aliphatic carbocycles. The smallest absolute Gasteiger partial charge is 0.490 e. The number of carboxylic acid groups (broad SMARTS) is 1. The molecule has 14 rings (SSSR count). The molecule has 55 heteroatoms. The first-order chi connectivity index (χ1) is 66.9. The van der Waals surface area contributed by atoms with Crippen LogP contribution in [-0.2, 0) is 106 Å². The summed E-state index contributed by atoms with van der Waals surface area (Å²) in [5.41, 5.74) is 8.33. The van der Waals surface area contributed by atoms with Gasteiger partial charge in [-0.15, -0.1) is 17.5 Å². The molecule has 45 nitrogen and oxygen atoms in total. The number of rotatable bonds is 25. The van der Waals surface area contributed by atoms with Gasteiger partial charge in [-0.3, -0.25) is 82.3 Å². The highest BCUT2D eigenvalue weighted by Gasteiger charge is 2.53. The van der Waals surface area contributed by atoms with Crippen molar-refractivity contribution in [1.29, 1.82) is 1.28 Å². The summed E-state index contributed by atoms with van der Waals surface area (Å²) in [6.07, 6.45) is -8.91. The van der Waals surface area contributed by atoms with Gasteiger partial charge in [0.2, 0.25) is 23.4 Å². The summed E-state index contributed by atoms with van der Waals surface area (Å²) in [6, 6.07) is 12.7. The lowest BCUT2D eigenvalue weighted by Crippen LogP contribution is -2.53. The molecular weight excluding hydrogens is 2030 g/mol. The fraction of sp³-hybridized carbons (Fsp3) is 0.425. The van der Waals surface area contributed by atoms with Crippen molar-refractivity contribution in [2.75, 3.05) is 59.1 Å². The molecule has 10 unspecified atom stereocenters. The second-order valence-corrected chi connectivity index (χ2v) is 37.0. The first kappa shape index (κ1) is 118. The predicted molar refractivity (Wildman–Crippen MR) is 505 cm³/mol. The Morgan fingerprint density at radius 2 is 1.07 bits per heavy atom. The third kappa shape index (κ3) is 29.1. The molecular formula is C87H103ClF3N10O35P2S4+. The van der Waals surface area contributed by atoms with Crippen LogP contribution in [0.1, 0.15) is 183 Å². The molecule has 4 aromatic carbocycles. The number of ketones is 6. The first-order valence-corrected chi connectivity index (χ1v) is 48.6. The van der Waals surface area contributed by atoms with Gasteiger partial charge in [0.15, 0.2) is 48.7 Å². The topological polar surface area (TPSA) is 718 Å². The number of carboxylic acids is 1. The van der Waals surface area contributed by atoms with E-state index in [-0.39, 0.29) is 132 Å². The predicted octanol–water partition coefficient (Wildman–Crippen LogP) is 1.81. The zero-order valence-electron chi connectivity index (χ0n) is 77.0. The van der Waals surface area contributed by atoms with Crippen LogP contribution in [0.25, 0.3) is 0 Å². The van der Waals surface area contributed by atoms with Crippen molar-refractivity contribution in [3.8, 4) is 34.5 Å². The number of benzene rings is 4. The lowest BCUT2D eigenvalue weighted by molar-refractivity contribution is -0.247. The van der Waals surface area contributed by atoms with Crippen LogP contribution in [0.4, 0.5) is 13.2 Å². The van der Waals surface area contributed by atoms with E-state index in [0.29, 0.717) is 23.0 Å². The summed E-state index contributed by atoms with van der Waals surface area (Å²) >= 11 is 8.15. The molecule has 0 spiro atoms. The van der Waals surface area contributed by atoms with Gasteiger partial charge in [-0.25, -0.2) is 25.8 Å². The molecule has 3 fully saturated rings. The molecule has 0 bridgehead atoms. The Morgan fingerprint density at radius 3 is 1.44 bits per heavy atom. The number of nitrogens with one attached hydrogen (secondary N) is 2. The number of Topliss-reactive ketones (excluding diaryl/α,β-unsaturated/α-hetero) is 2. The van der Waals surface area contributed by atoms with E-state index >= 15 is 0 Å². The maximum atomic E-state index is 13.9. The van der Waals surface area contributed by atoms with Crippen molar-refractivity contribution in [2.24, 2.45) is 22.4 Å². The Labute approximate surface area is 835 Å². The number of aromatic nitrogens is 1. The molecule has 14 atom stereocenters. The summed E-state index contributed by atoms with van der Waals surface area (Å²) in [6.45, 7) is 1.69. The summed E-state index contributed by atoms with van der Waals surface area (Å²) in [4.78, 5) is 200. The Kier molecular flexibility index (Phi) is 44.8. The van der Waals surface area contributed by atoms with Gasteiger partial charge in [-0.2, -0.15) is 30.9 Å². The molecule has 0 radical (unpaired) electrons. The quantitative estimate of drug-likeness (QED) is 0.00371. The average molecular weight is 2130 g/mol. The number of hydrazone groups is 1. The number of hydroxylamine groups is 2. The fourth-order valence-corrected chi connectivity index (χ4v) is 17.4. The van der Waals surface area contributed by atoms with Gasteiger partial charge < -0.3 is 106 Å². The van der Waals surface area contributed by atoms with E-state index in [9.17, 15) is 136 Å². The van der Waals surface area contributed by atoms with Gasteiger partial charge >= 0.3 is 19.4 Å². The number of thiol groups is 1. The molecule has 6 heterocycles. The van der Waals surface area contributed by atoms with Gasteiger partial charge in [0.25, 0.3) is 35.4 Å². The maximum absolute atomic E-state index is 13.9. The SMILES string of the molecule is CC(=O)CCS.CO.COc1cccc2c1C(=O)c1c(O)c3c(c(O)c1C2=O)C[C@@](O)(/C(CO)=N/NC(=O)CCN1C(=O)C=CC1=O)C[C@@H]3OC1CC(N)C(O)C(C)O1.COc1cccc2c1C(=O)c1c(O)c3c(c(O)c1C2=O)C[C@@](O)(C(=O)CO)C[C@@H]3OC1CC(N)C(O)C(C)O1.Cl.NNC(=O)CCN1C(=O)C=CC1=O.O=C(CCSSc1ccccn1)ON1C(=O)CCC1=O.O=C(O)C(F)(F)F.[2H][P+](P)=S. The van der Waals surface area contributed by atoms with Crippen LogP contribution in [0.5, 0.6) is 34.5 Å². The van der Waals surface area contributed by atoms with Crippen LogP contribution >= 0.6 is 62.5 Å². The molecule has 3 saturated heterocycles. The maximum Gasteiger partial charge on any atom is 0.490 e. The van der Waals surface area contributed by atoms with Crippen LogP contribution in [0.15, 0.2) is 95.2 Å². The minimum atomic E-state index is -5.08. The van der Waals surface area contributed by atoms with E-state index in [2.05, 4.69) is 48.9 Å². The normalized spacial score (nSPS) is 22.7. The molecule has 1 aromatic heterocycles. The van der Waals surface area contributed by atoms with Crippen LogP contribution in [0.3, 0.4) is 0 Å². The number of methoxy groups -OCH3 is 2. The van der Waals surface area contributed by atoms with Crippen molar-refractivity contribution < 1.29 is 184 Å². The molecule has 0 saturated carbocycles. The Bertz CT molecular complexity index is 5710.